The van der Waals surface area contributed by atoms with Crippen LogP contribution >= 0.6 is 11.3 Å². The van der Waals surface area contributed by atoms with Crippen LogP contribution in [0.1, 0.15) is 0 Å². The third kappa shape index (κ3) is 2.48. The van der Waals surface area contributed by atoms with Gasteiger partial charge in [-0.25, -0.2) is 4.98 Å². The summed E-state index contributed by atoms with van der Waals surface area (Å²) in [5.41, 5.74) is 1.15. The fraction of sp³-hybridized carbons (Fsp3) is 0.308. The standard InChI is InChI=1S/C13H14N2OS/c1-3-12(16-9-10-7-14-8-10)4-2-11(1)13-15-5-6-17-13/h1-6,10,14H,7-9H2. The number of nitrogens with one attached hydrogen (secondary N) is 1. The number of thiazole rings is 1. The summed E-state index contributed by atoms with van der Waals surface area (Å²) in [6, 6.07) is 8.16. The average Bonchev–Trinajstić information content (AvgIpc) is 2.81. The first-order chi connectivity index (χ1) is 8.42. The lowest BCUT2D eigenvalue weighted by molar-refractivity contribution is 0.199. The molecule has 0 unspecified atom stereocenters. The summed E-state index contributed by atoms with van der Waals surface area (Å²) < 4.78 is 5.73. The lowest BCUT2D eigenvalue weighted by Gasteiger charge is -2.26. The molecule has 0 radical (unpaired) electrons. The number of ether oxygens (including phenoxy) is 1. The average molecular weight is 246 g/mol. The first-order valence-electron chi connectivity index (χ1n) is 5.75. The molecule has 4 heteroatoms. The molecule has 0 saturated carbocycles. The first-order valence-corrected chi connectivity index (χ1v) is 6.63. The molecular weight excluding hydrogens is 232 g/mol. The van der Waals surface area contributed by atoms with Crippen LogP contribution in [0.25, 0.3) is 10.6 Å². The Morgan fingerprint density at radius 2 is 2.12 bits per heavy atom. The molecule has 1 N–H and O–H groups in total. The Kier molecular flexibility index (Phi) is 3.07. The number of benzene rings is 1. The van der Waals surface area contributed by atoms with E-state index in [1.165, 1.54) is 0 Å². The summed E-state index contributed by atoms with van der Waals surface area (Å²) in [7, 11) is 0. The number of hydrogen-bond donors (Lipinski definition) is 1. The van der Waals surface area contributed by atoms with Crippen LogP contribution in [0.15, 0.2) is 35.8 Å². The third-order valence-electron chi connectivity index (χ3n) is 2.89. The van der Waals surface area contributed by atoms with Gasteiger partial charge in [-0.05, 0) is 24.3 Å². The van der Waals surface area contributed by atoms with E-state index in [1.54, 1.807) is 11.3 Å². The van der Waals surface area contributed by atoms with Gasteiger partial charge in [0.15, 0.2) is 0 Å². The van der Waals surface area contributed by atoms with E-state index in [2.05, 4.69) is 22.4 Å². The van der Waals surface area contributed by atoms with Crippen molar-refractivity contribution in [3.05, 3.63) is 35.8 Å². The molecule has 0 bridgehead atoms. The molecule has 2 aromatic rings. The molecule has 2 heterocycles. The Labute approximate surface area is 104 Å². The predicted octanol–water partition coefficient (Wildman–Crippen LogP) is 2.41. The minimum atomic E-state index is 0.675. The van der Waals surface area contributed by atoms with Gasteiger partial charge in [0.2, 0.25) is 0 Å². The highest BCUT2D eigenvalue weighted by molar-refractivity contribution is 7.13. The molecule has 1 aliphatic rings. The van der Waals surface area contributed by atoms with Gasteiger partial charge >= 0.3 is 0 Å². The van der Waals surface area contributed by atoms with Crippen molar-refractivity contribution < 1.29 is 4.74 Å². The van der Waals surface area contributed by atoms with Gasteiger partial charge in [0.25, 0.3) is 0 Å². The van der Waals surface area contributed by atoms with Gasteiger partial charge in [-0.2, -0.15) is 0 Å². The summed E-state index contributed by atoms with van der Waals surface area (Å²) in [6.07, 6.45) is 1.83. The molecule has 1 aliphatic heterocycles. The molecule has 0 amide bonds. The zero-order chi connectivity index (χ0) is 11.5. The first kappa shape index (κ1) is 10.7. The molecule has 0 aliphatic carbocycles. The second-order valence-electron chi connectivity index (χ2n) is 4.20. The monoisotopic (exact) mass is 246 g/mol. The molecule has 3 rings (SSSR count). The van der Waals surface area contributed by atoms with Gasteiger partial charge in [-0.3, -0.25) is 0 Å². The Bertz CT molecular complexity index is 463. The minimum absolute atomic E-state index is 0.675. The van der Waals surface area contributed by atoms with E-state index in [1.807, 2.05) is 23.7 Å². The van der Waals surface area contributed by atoms with Crippen LogP contribution in [0.4, 0.5) is 0 Å². The molecule has 0 spiro atoms. The maximum Gasteiger partial charge on any atom is 0.123 e. The SMILES string of the molecule is c1csc(-c2ccc(OCC3CNC3)cc2)n1. The van der Waals surface area contributed by atoms with E-state index >= 15 is 0 Å². The summed E-state index contributed by atoms with van der Waals surface area (Å²) >= 11 is 1.65. The number of rotatable bonds is 4. The van der Waals surface area contributed by atoms with Gasteiger partial charge in [0.05, 0.1) is 6.61 Å². The Morgan fingerprint density at radius 1 is 1.29 bits per heavy atom. The number of hydrogen-bond acceptors (Lipinski definition) is 4. The van der Waals surface area contributed by atoms with Gasteiger partial charge in [-0.1, -0.05) is 0 Å². The van der Waals surface area contributed by atoms with Gasteiger partial charge < -0.3 is 10.1 Å². The zero-order valence-corrected chi connectivity index (χ0v) is 10.2. The van der Waals surface area contributed by atoms with Crippen LogP contribution in [-0.2, 0) is 0 Å². The smallest absolute Gasteiger partial charge is 0.123 e. The summed E-state index contributed by atoms with van der Waals surface area (Å²) in [5, 5.41) is 6.28. The molecule has 1 fully saturated rings. The summed E-state index contributed by atoms with van der Waals surface area (Å²) in [5.74, 6) is 1.62. The van der Waals surface area contributed by atoms with E-state index in [0.717, 1.165) is 36.0 Å². The highest BCUT2D eigenvalue weighted by Gasteiger charge is 2.16. The minimum Gasteiger partial charge on any atom is -0.493 e. The number of aromatic nitrogens is 1. The van der Waals surface area contributed by atoms with Crippen LogP contribution in [-0.4, -0.2) is 24.7 Å². The third-order valence-corrected chi connectivity index (χ3v) is 3.71. The Balaban J connectivity index is 1.63. The van der Waals surface area contributed by atoms with E-state index in [4.69, 9.17) is 4.74 Å². The van der Waals surface area contributed by atoms with Gasteiger partial charge in [-0.15, -0.1) is 11.3 Å². The summed E-state index contributed by atoms with van der Waals surface area (Å²) in [4.78, 5) is 4.28. The molecule has 1 saturated heterocycles. The van der Waals surface area contributed by atoms with Crippen LogP contribution in [0.5, 0.6) is 5.75 Å². The van der Waals surface area contributed by atoms with E-state index in [9.17, 15) is 0 Å². The van der Waals surface area contributed by atoms with E-state index in [0.29, 0.717) is 5.92 Å². The molecule has 1 aromatic heterocycles. The van der Waals surface area contributed by atoms with Crippen molar-refractivity contribution in [1.29, 1.82) is 0 Å². The second-order valence-corrected chi connectivity index (χ2v) is 5.09. The van der Waals surface area contributed by atoms with Crippen molar-refractivity contribution in [2.75, 3.05) is 19.7 Å². The normalized spacial score (nSPS) is 15.5. The summed E-state index contributed by atoms with van der Waals surface area (Å²) in [6.45, 7) is 2.97. The van der Waals surface area contributed by atoms with Crippen molar-refractivity contribution in [1.82, 2.24) is 10.3 Å². The topological polar surface area (TPSA) is 34.1 Å². The molecule has 3 nitrogen and oxygen atoms in total. The lowest BCUT2D eigenvalue weighted by Crippen LogP contribution is -2.45. The molecular formula is C13H14N2OS. The van der Waals surface area contributed by atoms with Crippen LogP contribution in [0.2, 0.25) is 0 Å². The fourth-order valence-electron chi connectivity index (χ4n) is 1.74. The quantitative estimate of drug-likeness (QED) is 0.899. The Hall–Kier alpha value is -1.39. The Morgan fingerprint density at radius 3 is 2.71 bits per heavy atom. The van der Waals surface area contributed by atoms with Crippen LogP contribution in [0.3, 0.4) is 0 Å². The lowest BCUT2D eigenvalue weighted by atomic mass is 10.1. The zero-order valence-electron chi connectivity index (χ0n) is 9.43. The molecule has 17 heavy (non-hydrogen) atoms. The maximum atomic E-state index is 5.73. The van der Waals surface area contributed by atoms with Crippen molar-refractivity contribution in [2.45, 2.75) is 0 Å². The highest BCUT2D eigenvalue weighted by Crippen LogP contribution is 2.24. The van der Waals surface area contributed by atoms with E-state index in [-0.39, 0.29) is 0 Å². The highest BCUT2D eigenvalue weighted by atomic mass is 32.1. The second kappa shape index (κ2) is 4.85. The van der Waals surface area contributed by atoms with Crippen molar-refractivity contribution in [2.24, 2.45) is 5.92 Å². The molecule has 0 atom stereocenters. The largest absolute Gasteiger partial charge is 0.493 e. The van der Waals surface area contributed by atoms with Gasteiger partial charge in [0.1, 0.15) is 10.8 Å². The van der Waals surface area contributed by atoms with Crippen molar-refractivity contribution in [3.63, 3.8) is 0 Å². The molecule has 88 valence electrons. The number of nitrogens with zero attached hydrogens (tertiary/aromatic N) is 1. The van der Waals surface area contributed by atoms with Gasteiger partial charge in [0, 0.05) is 36.1 Å². The maximum absolute atomic E-state index is 5.73. The van der Waals surface area contributed by atoms with E-state index < -0.39 is 0 Å². The fourth-order valence-corrected chi connectivity index (χ4v) is 2.38. The van der Waals surface area contributed by atoms with Crippen molar-refractivity contribution in [3.8, 4) is 16.3 Å². The molecule has 1 aromatic carbocycles. The predicted molar refractivity (Wildman–Crippen MR) is 69.4 cm³/mol. The van der Waals surface area contributed by atoms with Crippen molar-refractivity contribution >= 4 is 11.3 Å². The van der Waals surface area contributed by atoms with Crippen LogP contribution < -0.4 is 10.1 Å². The van der Waals surface area contributed by atoms with Crippen LogP contribution in [0, 0.1) is 5.92 Å².